The third-order valence-electron chi connectivity index (χ3n) is 2.49. The zero-order valence-electron chi connectivity index (χ0n) is 11.1. The summed E-state index contributed by atoms with van der Waals surface area (Å²) in [5.74, 6) is 2.04. The summed E-state index contributed by atoms with van der Waals surface area (Å²) >= 11 is 0. The molecular formula is C13H18N4O2. The second kappa shape index (κ2) is 6.08. The number of ether oxygens (including phenoxy) is 1. The van der Waals surface area contributed by atoms with Crippen molar-refractivity contribution in [2.75, 3.05) is 24.2 Å². The first-order chi connectivity index (χ1) is 9.17. The van der Waals surface area contributed by atoms with E-state index in [1.807, 2.05) is 19.1 Å². The number of aryl methyl sites for hydroxylation is 1. The van der Waals surface area contributed by atoms with Crippen molar-refractivity contribution in [2.24, 2.45) is 0 Å². The van der Waals surface area contributed by atoms with Crippen LogP contribution in [-0.2, 0) is 6.42 Å². The average molecular weight is 262 g/mol. The lowest BCUT2D eigenvalue weighted by Gasteiger charge is -2.09. The van der Waals surface area contributed by atoms with Crippen molar-refractivity contribution < 1.29 is 9.26 Å². The van der Waals surface area contributed by atoms with Gasteiger partial charge in [-0.1, -0.05) is 5.16 Å². The molecular weight excluding hydrogens is 244 g/mol. The number of nitrogens with zero attached hydrogens (tertiary/aromatic N) is 2. The fourth-order valence-corrected chi connectivity index (χ4v) is 1.74. The summed E-state index contributed by atoms with van der Waals surface area (Å²) in [5.41, 5.74) is 7.41. The molecule has 6 heteroatoms. The SMILES string of the molecule is CCOc1cc(N)cc(NCCc2noc(C)n2)c1. The van der Waals surface area contributed by atoms with Gasteiger partial charge in [-0.3, -0.25) is 0 Å². The third kappa shape index (κ3) is 3.87. The Morgan fingerprint density at radius 1 is 1.37 bits per heavy atom. The maximum Gasteiger partial charge on any atom is 0.223 e. The normalized spacial score (nSPS) is 10.4. The van der Waals surface area contributed by atoms with E-state index in [1.165, 1.54) is 0 Å². The molecule has 1 aromatic carbocycles. The maximum atomic E-state index is 5.82. The molecule has 0 radical (unpaired) electrons. The van der Waals surface area contributed by atoms with Crippen LogP contribution in [-0.4, -0.2) is 23.3 Å². The van der Waals surface area contributed by atoms with Gasteiger partial charge in [0.05, 0.1) is 6.61 Å². The highest BCUT2D eigenvalue weighted by Crippen LogP contribution is 2.22. The molecule has 0 unspecified atom stereocenters. The third-order valence-corrected chi connectivity index (χ3v) is 2.49. The lowest BCUT2D eigenvalue weighted by molar-refractivity contribution is 0.340. The van der Waals surface area contributed by atoms with Crippen molar-refractivity contribution in [3.8, 4) is 5.75 Å². The molecule has 0 spiro atoms. The Morgan fingerprint density at radius 2 is 2.21 bits per heavy atom. The highest BCUT2D eigenvalue weighted by molar-refractivity contribution is 5.59. The van der Waals surface area contributed by atoms with Gasteiger partial charge in [-0.2, -0.15) is 4.98 Å². The van der Waals surface area contributed by atoms with Crippen molar-refractivity contribution in [2.45, 2.75) is 20.3 Å². The summed E-state index contributed by atoms with van der Waals surface area (Å²) in [6, 6.07) is 5.59. The summed E-state index contributed by atoms with van der Waals surface area (Å²) in [7, 11) is 0. The van der Waals surface area contributed by atoms with Crippen LogP contribution in [0, 0.1) is 6.92 Å². The summed E-state index contributed by atoms with van der Waals surface area (Å²) in [5, 5.41) is 7.10. The van der Waals surface area contributed by atoms with Gasteiger partial charge in [0.1, 0.15) is 5.75 Å². The predicted octanol–water partition coefficient (Wildman–Crippen LogP) is 2.01. The molecule has 6 nitrogen and oxygen atoms in total. The Morgan fingerprint density at radius 3 is 2.89 bits per heavy atom. The van der Waals surface area contributed by atoms with E-state index in [9.17, 15) is 0 Å². The predicted molar refractivity (Wildman–Crippen MR) is 73.3 cm³/mol. The standard InChI is InChI=1S/C13H18N4O2/c1-3-18-12-7-10(14)6-11(8-12)15-5-4-13-16-9(2)19-17-13/h6-8,15H,3-5,14H2,1-2H3. The minimum absolute atomic E-state index is 0.581. The van der Waals surface area contributed by atoms with Crippen LogP contribution in [0.2, 0.25) is 0 Å². The number of benzene rings is 1. The molecule has 0 saturated heterocycles. The van der Waals surface area contributed by atoms with E-state index in [1.54, 1.807) is 13.0 Å². The van der Waals surface area contributed by atoms with E-state index in [-0.39, 0.29) is 0 Å². The lowest BCUT2D eigenvalue weighted by Crippen LogP contribution is -2.06. The average Bonchev–Trinajstić information content (AvgIpc) is 2.75. The molecule has 0 amide bonds. The number of nitrogens with two attached hydrogens (primary N) is 1. The number of nitrogen functional groups attached to an aromatic ring is 1. The minimum Gasteiger partial charge on any atom is -0.494 e. The largest absolute Gasteiger partial charge is 0.494 e. The van der Waals surface area contributed by atoms with E-state index in [0.717, 1.165) is 11.4 Å². The Labute approximate surface area is 112 Å². The van der Waals surface area contributed by atoms with Crippen molar-refractivity contribution >= 4 is 11.4 Å². The summed E-state index contributed by atoms with van der Waals surface area (Å²) < 4.78 is 10.3. The smallest absolute Gasteiger partial charge is 0.223 e. The van der Waals surface area contributed by atoms with E-state index >= 15 is 0 Å². The molecule has 0 aliphatic heterocycles. The van der Waals surface area contributed by atoms with Crippen LogP contribution in [0.25, 0.3) is 0 Å². The topological polar surface area (TPSA) is 86.2 Å². The molecule has 0 bridgehead atoms. The van der Waals surface area contributed by atoms with Crippen LogP contribution in [0.5, 0.6) is 5.75 Å². The lowest BCUT2D eigenvalue weighted by atomic mass is 10.2. The van der Waals surface area contributed by atoms with Gasteiger partial charge >= 0.3 is 0 Å². The number of nitrogens with one attached hydrogen (secondary N) is 1. The van der Waals surface area contributed by atoms with Gasteiger partial charge < -0.3 is 20.3 Å². The van der Waals surface area contributed by atoms with Gasteiger partial charge in [-0.25, -0.2) is 0 Å². The van der Waals surface area contributed by atoms with E-state index in [2.05, 4.69) is 15.5 Å². The van der Waals surface area contributed by atoms with Crippen LogP contribution >= 0.6 is 0 Å². The molecule has 2 aromatic rings. The number of hydrogen-bond donors (Lipinski definition) is 2. The Kier molecular flexibility index (Phi) is 4.22. The van der Waals surface area contributed by atoms with Crippen LogP contribution in [0.1, 0.15) is 18.6 Å². The molecule has 2 rings (SSSR count). The highest BCUT2D eigenvalue weighted by Gasteiger charge is 2.03. The number of hydrogen-bond acceptors (Lipinski definition) is 6. The Bertz CT molecular complexity index is 539. The first kappa shape index (κ1) is 13.2. The van der Waals surface area contributed by atoms with Gasteiger partial charge in [-0.15, -0.1) is 0 Å². The molecule has 1 aromatic heterocycles. The second-order valence-electron chi connectivity index (χ2n) is 4.13. The summed E-state index contributed by atoms with van der Waals surface area (Å²) in [4.78, 5) is 4.14. The number of rotatable bonds is 6. The Hall–Kier alpha value is -2.24. The van der Waals surface area contributed by atoms with Gasteiger partial charge in [0, 0.05) is 43.4 Å². The minimum atomic E-state index is 0.581. The molecule has 3 N–H and O–H groups in total. The second-order valence-corrected chi connectivity index (χ2v) is 4.13. The van der Waals surface area contributed by atoms with Crippen LogP contribution in [0.4, 0.5) is 11.4 Å². The van der Waals surface area contributed by atoms with Gasteiger partial charge in [0.15, 0.2) is 5.82 Å². The molecule has 102 valence electrons. The molecule has 19 heavy (non-hydrogen) atoms. The zero-order valence-corrected chi connectivity index (χ0v) is 11.1. The van der Waals surface area contributed by atoms with Crippen LogP contribution in [0.3, 0.4) is 0 Å². The monoisotopic (exact) mass is 262 g/mol. The number of anilines is 2. The van der Waals surface area contributed by atoms with Crippen molar-refractivity contribution in [3.05, 3.63) is 29.9 Å². The quantitative estimate of drug-likeness (QED) is 0.774. The van der Waals surface area contributed by atoms with Gasteiger partial charge in [0.2, 0.25) is 5.89 Å². The zero-order chi connectivity index (χ0) is 13.7. The van der Waals surface area contributed by atoms with E-state index in [0.29, 0.717) is 37.0 Å². The van der Waals surface area contributed by atoms with Crippen molar-refractivity contribution in [1.82, 2.24) is 10.1 Å². The molecule has 1 heterocycles. The molecule has 0 fully saturated rings. The fraction of sp³-hybridized carbons (Fsp3) is 0.385. The molecule has 0 saturated carbocycles. The first-order valence-corrected chi connectivity index (χ1v) is 6.24. The van der Waals surface area contributed by atoms with Gasteiger partial charge in [-0.05, 0) is 13.0 Å². The highest BCUT2D eigenvalue weighted by atomic mass is 16.5. The summed E-state index contributed by atoms with van der Waals surface area (Å²) in [6.07, 6.45) is 0.691. The van der Waals surface area contributed by atoms with Crippen LogP contribution in [0.15, 0.2) is 22.7 Å². The van der Waals surface area contributed by atoms with Crippen molar-refractivity contribution in [1.29, 1.82) is 0 Å². The fourth-order valence-electron chi connectivity index (χ4n) is 1.74. The molecule has 0 aliphatic rings. The Balaban J connectivity index is 1.91. The van der Waals surface area contributed by atoms with E-state index < -0.39 is 0 Å². The summed E-state index contributed by atoms with van der Waals surface area (Å²) in [6.45, 7) is 5.03. The molecule has 0 atom stereocenters. The van der Waals surface area contributed by atoms with Crippen molar-refractivity contribution in [3.63, 3.8) is 0 Å². The van der Waals surface area contributed by atoms with Gasteiger partial charge in [0.25, 0.3) is 0 Å². The first-order valence-electron chi connectivity index (χ1n) is 6.24. The van der Waals surface area contributed by atoms with E-state index in [4.69, 9.17) is 15.0 Å². The number of aromatic nitrogens is 2. The maximum absolute atomic E-state index is 5.82. The molecule has 0 aliphatic carbocycles. The van der Waals surface area contributed by atoms with Crippen LogP contribution < -0.4 is 15.8 Å².